The maximum absolute atomic E-state index is 3.77. The molecule has 1 aliphatic carbocycles. The summed E-state index contributed by atoms with van der Waals surface area (Å²) < 4.78 is 0. The van der Waals surface area contributed by atoms with Crippen molar-refractivity contribution in [2.45, 2.75) is 51.5 Å². The fourth-order valence-corrected chi connectivity index (χ4v) is 3.51. The van der Waals surface area contributed by atoms with Gasteiger partial charge in [0, 0.05) is 30.5 Å². The summed E-state index contributed by atoms with van der Waals surface area (Å²) in [6, 6.07) is 9.68. The third-order valence-corrected chi connectivity index (χ3v) is 4.78. The Balaban J connectivity index is 1.68. The van der Waals surface area contributed by atoms with Crippen LogP contribution >= 0.6 is 0 Å². The van der Waals surface area contributed by atoms with Gasteiger partial charge >= 0.3 is 0 Å². The van der Waals surface area contributed by atoms with Crippen molar-refractivity contribution in [3.63, 3.8) is 0 Å². The summed E-state index contributed by atoms with van der Waals surface area (Å²) in [5, 5.41) is 3.77. The molecule has 3 rings (SSSR count). The number of benzene rings is 1. The Bertz CT molecular complexity index is 409. The van der Waals surface area contributed by atoms with Crippen molar-refractivity contribution in [1.29, 1.82) is 0 Å². The number of nitrogens with zero attached hydrogens (tertiary/aromatic N) is 1. The molecule has 2 heteroatoms. The van der Waals surface area contributed by atoms with E-state index in [0.717, 1.165) is 5.92 Å². The molecule has 0 aromatic heterocycles. The second kappa shape index (κ2) is 5.85. The summed E-state index contributed by atoms with van der Waals surface area (Å²) in [4.78, 5) is 2.51. The molecule has 1 aromatic rings. The summed E-state index contributed by atoms with van der Waals surface area (Å²) in [5.41, 5.74) is 2.70. The van der Waals surface area contributed by atoms with E-state index < -0.39 is 0 Å². The number of anilines is 2. The van der Waals surface area contributed by atoms with Crippen LogP contribution in [-0.4, -0.2) is 19.1 Å². The molecule has 0 bridgehead atoms. The first-order valence-corrected chi connectivity index (χ1v) is 7.94. The van der Waals surface area contributed by atoms with Gasteiger partial charge in [-0.1, -0.05) is 25.8 Å². The second-order valence-corrected chi connectivity index (χ2v) is 6.26. The summed E-state index contributed by atoms with van der Waals surface area (Å²) in [6.07, 6.45) is 8.19. The zero-order valence-electron chi connectivity index (χ0n) is 12.1. The summed E-state index contributed by atoms with van der Waals surface area (Å²) in [6.45, 7) is 4.84. The largest absolute Gasteiger partial charge is 0.382 e. The Hall–Kier alpha value is -1.18. The zero-order chi connectivity index (χ0) is 13.1. The first-order chi connectivity index (χ1) is 9.33. The van der Waals surface area contributed by atoms with Gasteiger partial charge in [-0.05, 0) is 49.8 Å². The lowest BCUT2D eigenvalue weighted by Crippen LogP contribution is -2.30. The predicted octanol–water partition coefficient (Wildman–Crippen LogP) is 4.28. The highest BCUT2D eigenvalue weighted by molar-refractivity contribution is 5.58. The van der Waals surface area contributed by atoms with Gasteiger partial charge in [-0.15, -0.1) is 0 Å². The van der Waals surface area contributed by atoms with Crippen LogP contribution in [0.5, 0.6) is 0 Å². The molecule has 2 nitrogen and oxygen atoms in total. The van der Waals surface area contributed by atoms with Gasteiger partial charge in [0.15, 0.2) is 0 Å². The lowest BCUT2D eigenvalue weighted by Gasteiger charge is -2.30. The fourth-order valence-electron chi connectivity index (χ4n) is 3.51. The second-order valence-electron chi connectivity index (χ2n) is 6.26. The minimum Gasteiger partial charge on any atom is -0.382 e. The van der Waals surface area contributed by atoms with Gasteiger partial charge < -0.3 is 10.2 Å². The van der Waals surface area contributed by atoms with Crippen molar-refractivity contribution in [3.05, 3.63) is 24.3 Å². The molecular formula is C17H26N2. The van der Waals surface area contributed by atoms with E-state index in [-0.39, 0.29) is 0 Å². The number of rotatable bonds is 3. The van der Waals surface area contributed by atoms with Crippen LogP contribution < -0.4 is 10.2 Å². The van der Waals surface area contributed by atoms with Crippen LogP contribution in [0.15, 0.2) is 24.3 Å². The van der Waals surface area contributed by atoms with E-state index in [0.29, 0.717) is 6.04 Å². The van der Waals surface area contributed by atoms with Crippen molar-refractivity contribution < 1.29 is 0 Å². The van der Waals surface area contributed by atoms with E-state index in [1.165, 1.54) is 63.0 Å². The molecular weight excluding hydrogens is 232 g/mol. The van der Waals surface area contributed by atoms with Crippen LogP contribution in [0.1, 0.15) is 45.4 Å². The van der Waals surface area contributed by atoms with Crippen LogP contribution in [-0.2, 0) is 0 Å². The molecule has 1 heterocycles. The van der Waals surface area contributed by atoms with Crippen molar-refractivity contribution in [2.75, 3.05) is 23.3 Å². The molecule has 0 amide bonds. The van der Waals surface area contributed by atoms with Crippen LogP contribution in [0, 0.1) is 5.92 Å². The van der Waals surface area contributed by atoms with Gasteiger partial charge in [-0.25, -0.2) is 0 Å². The number of hydrogen-bond acceptors (Lipinski definition) is 2. The van der Waals surface area contributed by atoms with E-state index >= 15 is 0 Å². The monoisotopic (exact) mass is 258 g/mol. The molecule has 0 radical (unpaired) electrons. The van der Waals surface area contributed by atoms with Gasteiger partial charge in [-0.2, -0.15) is 0 Å². The predicted molar refractivity (Wildman–Crippen MR) is 82.9 cm³/mol. The Morgan fingerprint density at radius 2 is 1.84 bits per heavy atom. The highest BCUT2D eigenvalue weighted by Gasteiger charge is 2.21. The Morgan fingerprint density at radius 1 is 1.05 bits per heavy atom. The minimum absolute atomic E-state index is 0.669. The van der Waals surface area contributed by atoms with Crippen LogP contribution in [0.2, 0.25) is 0 Å². The molecule has 104 valence electrons. The first kappa shape index (κ1) is 12.8. The minimum atomic E-state index is 0.669. The average Bonchev–Trinajstić information content (AvgIpc) is 2.96. The van der Waals surface area contributed by atoms with Crippen molar-refractivity contribution in [2.24, 2.45) is 5.92 Å². The topological polar surface area (TPSA) is 15.3 Å². The third-order valence-electron chi connectivity index (χ3n) is 4.78. The van der Waals surface area contributed by atoms with Crippen LogP contribution in [0.4, 0.5) is 11.4 Å². The highest BCUT2D eigenvalue weighted by Crippen LogP contribution is 2.29. The molecule has 1 saturated carbocycles. The van der Waals surface area contributed by atoms with E-state index in [1.54, 1.807) is 0 Å². The highest BCUT2D eigenvalue weighted by atomic mass is 15.1. The molecule has 1 N–H and O–H groups in total. The van der Waals surface area contributed by atoms with Crippen LogP contribution in [0.25, 0.3) is 0 Å². The summed E-state index contributed by atoms with van der Waals surface area (Å²) >= 11 is 0. The Labute approximate surface area is 117 Å². The van der Waals surface area contributed by atoms with Gasteiger partial charge in [0.25, 0.3) is 0 Å². The summed E-state index contributed by atoms with van der Waals surface area (Å²) in [5.74, 6) is 0.809. The van der Waals surface area contributed by atoms with Crippen molar-refractivity contribution >= 4 is 11.4 Å². The van der Waals surface area contributed by atoms with Gasteiger partial charge in [0.2, 0.25) is 0 Å². The lowest BCUT2D eigenvalue weighted by atomic mass is 9.86. The third kappa shape index (κ3) is 3.05. The number of nitrogens with one attached hydrogen (secondary N) is 1. The fraction of sp³-hybridized carbons (Fsp3) is 0.647. The normalized spacial score (nSPS) is 27.5. The SMILES string of the molecule is C[C@@H]1CCCC[C@@H]1Nc1cccc(N2CCCC2)c1. The molecule has 0 spiro atoms. The van der Waals surface area contributed by atoms with Gasteiger partial charge in [0.1, 0.15) is 0 Å². The van der Waals surface area contributed by atoms with Crippen LogP contribution in [0.3, 0.4) is 0 Å². The maximum Gasteiger partial charge on any atom is 0.0386 e. The molecule has 1 aliphatic heterocycles. The van der Waals surface area contributed by atoms with Crippen molar-refractivity contribution in [1.82, 2.24) is 0 Å². The average molecular weight is 258 g/mol. The maximum atomic E-state index is 3.77. The molecule has 2 atom stereocenters. The van der Waals surface area contributed by atoms with Crippen molar-refractivity contribution in [3.8, 4) is 0 Å². The smallest absolute Gasteiger partial charge is 0.0386 e. The van der Waals surface area contributed by atoms with E-state index in [9.17, 15) is 0 Å². The molecule has 1 aromatic carbocycles. The summed E-state index contributed by atoms with van der Waals surface area (Å²) in [7, 11) is 0. The molecule has 1 saturated heterocycles. The standard InChI is InChI=1S/C17H26N2/c1-14-7-2-3-10-17(14)18-15-8-6-9-16(13-15)19-11-4-5-12-19/h6,8-9,13-14,17-18H,2-5,7,10-12H2,1H3/t14-,17+/m1/s1. The van der Waals surface area contributed by atoms with Gasteiger partial charge in [-0.3, -0.25) is 0 Å². The van der Waals surface area contributed by atoms with E-state index in [2.05, 4.69) is 41.4 Å². The van der Waals surface area contributed by atoms with E-state index in [1.807, 2.05) is 0 Å². The zero-order valence-corrected chi connectivity index (χ0v) is 12.1. The first-order valence-electron chi connectivity index (χ1n) is 7.94. The molecule has 0 unspecified atom stereocenters. The number of hydrogen-bond donors (Lipinski definition) is 1. The van der Waals surface area contributed by atoms with Gasteiger partial charge in [0.05, 0.1) is 0 Å². The molecule has 2 fully saturated rings. The quantitative estimate of drug-likeness (QED) is 0.870. The molecule has 2 aliphatic rings. The lowest BCUT2D eigenvalue weighted by molar-refractivity contribution is 0.349. The molecule has 19 heavy (non-hydrogen) atoms. The Kier molecular flexibility index (Phi) is 3.95. The Morgan fingerprint density at radius 3 is 2.63 bits per heavy atom. The van der Waals surface area contributed by atoms with E-state index in [4.69, 9.17) is 0 Å².